The number of hydrogen-bond donors (Lipinski definition) is 1. The van der Waals surface area contributed by atoms with E-state index in [0.29, 0.717) is 31.4 Å². The van der Waals surface area contributed by atoms with Gasteiger partial charge in [0.05, 0.1) is 5.54 Å². The minimum atomic E-state index is -0.217. The summed E-state index contributed by atoms with van der Waals surface area (Å²) in [6.07, 6.45) is 8.69. The van der Waals surface area contributed by atoms with Gasteiger partial charge in [0.25, 0.3) is 0 Å². The molecule has 3 nitrogen and oxygen atoms in total. The Balaban J connectivity index is 1.81. The minimum Gasteiger partial charge on any atom is -0.381 e. The summed E-state index contributed by atoms with van der Waals surface area (Å²) in [5.41, 5.74) is -0.217. The highest BCUT2D eigenvalue weighted by Crippen LogP contribution is 2.27. The van der Waals surface area contributed by atoms with E-state index in [1.54, 1.807) is 0 Å². The number of carbonyl (C=O) groups excluding carboxylic acids is 1. The molecule has 2 aliphatic rings. The highest BCUT2D eigenvalue weighted by Gasteiger charge is 2.33. The maximum atomic E-state index is 12.1. The van der Waals surface area contributed by atoms with E-state index >= 15 is 0 Å². The van der Waals surface area contributed by atoms with E-state index < -0.39 is 0 Å². The summed E-state index contributed by atoms with van der Waals surface area (Å²) in [5, 5.41) is 3.18. The molecule has 2 fully saturated rings. The molecule has 0 bridgehead atoms. The van der Waals surface area contributed by atoms with Crippen molar-refractivity contribution in [1.29, 1.82) is 0 Å². The Hall–Kier alpha value is -0.280. The highest BCUT2D eigenvalue weighted by molar-refractivity contribution is 6.18. The molecule has 1 heterocycles. The fourth-order valence-electron chi connectivity index (χ4n) is 3.05. The number of halogens is 1. The van der Waals surface area contributed by atoms with Crippen LogP contribution in [0.5, 0.6) is 0 Å². The zero-order valence-electron chi connectivity index (χ0n) is 11.0. The van der Waals surface area contributed by atoms with Gasteiger partial charge in [0, 0.05) is 25.5 Å². The summed E-state index contributed by atoms with van der Waals surface area (Å²) in [5.74, 6) is 1.27. The Bertz CT molecular complexity index is 271. The first-order valence-electron chi connectivity index (χ1n) is 7.19. The molecule has 0 aromatic carbocycles. The van der Waals surface area contributed by atoms with Crippen molar-refractivity contribution < 1.29 is 9.53 Å². The van der Waals surface area contributed by atoms with Crippen LogP contribution in [0.4, 0.5) is 0 Å². The number of amides is 1. The van der Waals surface area contributed by atoms with Crippen LogP contribution < -0.4 is 5.32 Å². The van der Waals surface area contributed by atoms with Crippen LogP contribution in [0, 0.1) is 5.92 Å². The van der Waals surface area contributed by atoms with Gasteiger partial charge >= 0.3 is 0 Å². The Morgan fingerprint density at radius 2 is 1.89 bits per heavy atom. The predicted octanol–water partition coefficient (Wildman–Crippen LogP) is 2.86. The fourth-order valence-corrected chi connectivity index (χ4v) is 3.39. The number of alkyl halides is 1. The number of ether oxygens (including phenoxy) is 1. The molecule has 0 unspecified atom stereocenters. The highest BCUT2D eigenvalue weighted by atomic mass is 35.5. The molecular weight excluding hydrogens is 250 g/mol. The second-order valence-electron chi connectivity index (χ2n) is 5.78. The fraction of sp³-hybridized carbons (Fsp3) is 0.929. The van der Waals surface area contributed by atoms with Crippen LogP contribution in [0.25, 0.3) is 0 Å². The van der Waals surface area contributed by atoms with Crippen LogP contribution in [0.1, 0.15) is 51.4 Å². The molecule has 1 N–H and O–H groups in total. The standard InChI is InChI=1S/C14H24ClNO2/c15-11-14(6-8-18-9-7-14)16-13(17)10-12-4-2-1-3-5-12/h12H,1-11H2,(H,16,17). The molecule has 1 saturated carbocycles. The van der Waals surface area contributed by atoms with Crippen molar-refractivity contribution in [2.75, 3.05) is 19.1 Å². The van der Waals surface area contributed by atoms with Gasteiger partial charge in [0.15, 0.2) is 0 Å². The monoisotopic (exact) mass is 273 g/mol. The summed E-state index contributed by atoms with van der Waals surface area (Å²) in [6.45, 7) is 1.41. The zero-order valence-corrected chi connectivity index (χ0v) is 11.8. The van der Waals surface area contributed by atoms with Crippen LogP contribution >= 0.6 is 11.6 Å². The number of rotatable bonds is 4. The van der Waals surface area contributed by atoms with Crippen LogP contribution in [-0.2, 0) is 9.53 Å². The molecule has 0 aromatic rings. The molecular formula is C14H24ClNO2. The van der Waals surface area contributed by atoms with Gasteiger partial charge in [0.2, 0.25) is 5.91 Å². The van der Waals surface area contributed by atoms with Crippen molar-refractivity contribution in [2.45, 2.75) is 56.9 Å². The lowest BCUT2D eigenvalue weighted by Crippen LogP contribution is -2.53. The van der Waals surface area contributed by atoms with E-state index in [-0.39, 0.29) is 11.4 Å². The van der Waals surface area contributed by atoms with Gasteiger partial charge in [-0.25, -0.2) is 0 Å². The van der Waals surface area contributed by atoms with Crippen LogP contribution in [0.15, 0.2) is 0 Å². The van der Waals surface area contributed by atoms with Gasteiger partial charge in [-0.3, -0.25) is 4.79 Å². The number of hydrogen-bond acceptors (Lipinski definition) is 2. The van der Waals surface area contributed by atoms with E-state index in [1.807, 2.05) is 0 Å². The Kier molecular flexibility index (Phi) is 5.31. The second-order valence-corrected chi connectivity index (χ2v) is 6.05. The third-order valence-electron chi connectivity index (χ3n) is 4.31. The van der Waals surface area contributed by atoms with Crippen molar-refractivity contribution in [3.05, 3.63) is 0 Å². The molecule has 104 valence electrons. The second kappa shape index (κ2) is 6.76. The SMILES string of the molecule is O=C(CC1CCCCC1)NC1(CCl)CCOCC1. The summed E-state index contributed by atoms with van der Waals surface area (Å²) in [4.78, 5) is 12.1. The Morgan fingerprint density at radius 3 is 2.50 bits per heavy atom. The molecule has 4 heteroatoms. The molecule has 0 spiro atoms. The predicted molar refractivity (Wildman–Crippen MR) is 72.8 cm³/mol. The van der Waals surface area contributed by atoms with Gasteiger partial charge in [-0.05, 0) is 31.6 Å². The van der Waals surface area contributed by atoms with E-state index in [9.17, 15) is 4.79 Å². The molecule has 2 rings (SSSR count). The third kappa shape index (κ3) is 3.86. The van der Waals surface area contributed by atoms with Crippen molar-refractivity contribution in [1.82, 2.24) is 5.32 Å². The molecule has 1 aliphatic heterocycles. The van der Waals surface area contributed by atoms with Crippen molar-refractivity contribution in [3.63, 3.8) is 0 Å². The largest absolute Gasteiger partial charge is 0.381 e. The van der Waals surface area contributed by atoms with Crippen LogP contribution in [0.2, 0.25) is 0 Å². The first kappa shape index (κ1) is 14.1. The lowest BCUT2D eigenvalue weighted by molar-refractivity contribution is -0.125. The van der Waals surface area contributed by atoms with Gasteiger partial charge in [-0.2, -0.15) is 0 Å². The summed E-state index contributed by atoms with van der Waals surface area (Å²) < 4.78 is 5.35. The van der Waals surface area contributed by atoms with Crippen molar-refractivity contribution in [2.24, 2.45) is 5.92 Å². The van der Waals surface area contributed by atoms with E-state index in [2.05, 4.69) is 5.32 Å². The summed E-state index contributed by atoms with van der Waals surface area (Å²) in [7, 11) is 0. The number of carbonyl (C=O) groups is 1. The van der Waals surface area contributed by atoms with Gasteiger partial charge in [0.1, 0.15) is 0 Å². The van der Waals surface area contributed by atoms with Gasteiger partial charge in [-0.15, -0.1) is 11.6 Å². The topological polar surface area (TPSA) is 38.3 Å². The molecule has 0 aromatic heterocycles. The summed E-state index contributed by atoms with van der Waals surface area (Å²) in [6, 6.07) is 0. The average molecular weight is 274 g/mol. The van der Waals surface area contributed by atoms with E-state index in [1.165, 1.54) is 32.1 Å². The maximum absolute atomic E-state index is 12.1. The van der Waals surface area contributed by atoms with Crippen LogP contribution in [0.3, 0.4) is 0 Å². The minimum absolute atomic E-state index is 0.185. The van der Waals surface area contributed by atoms with E-state index in [4.69, 9.17) is 16.3 Å². The quantitative estimate of drug-likeness (QED) is 0.800. The molecule has 18 heavy (non-hydrogen) atoms. The lowest BCUT2D eigenvalue weighted by Gasteiger charge is -2.36. The molecule has 1 aliphatic carbocycles. The Labute approximate surface area is 115 Å². The maximum Gasteiger partial charge on any atom is 0.220 e. The first-order chi connectivity index (χ1) is 8.74. The molecule has 1 saturated heterocycles. The third-order valence-corrected chi connectivity index (χ3v) is 4.82. The zero-order chi connectivity index (χ0) is 12.8. The molecule has 1 amide bonds. The Morgan fingerprint density at radius 1 is 1.22 bits per heavy atom. The molecule has 0 radical (unpaired) electrons. The van der Waals surface area contributed by atoms with E-state index in [0.717, 1.165) is 12.8 Å². The smallest absolute Gasteiger partial charge is 0.220 e. The van der Waals surface area contributed by atoms with Crippen molar-refractivity contribution in [3.8, 4) is 0 Å². The molecule has 0 atom stereocenters. The van der Waals surface area contributed by atoms with Gasteiger partial charge < -0.3 is 10.1 Å². The lowest BCUT2D eigenvalue weighted by atomic mass is 9.86. The number of nitrogens with one attached hydrogen (secondary N) is 1. The van der Waals surface area contributed by atoms with Crippen LogP contribution in [-0.4, -0.2) is 30.5 Å². The normalized spacial score (nSPS) is 24.7. The first-order valence-corrected chi connectivity index (χ1v) is 7.72. The summed E-state index contributed by atoms with van der Waals surface area (Å²) >= 11 is 6.05. The van der Waals surface area contributed by atoms with Crippen molar-refractivity contribution >= 4 is 17.5 Å². The van der Waals surface area contributed by atoms with Gasteiger partial charge in [-0.1, -0.05) is 19.3 Å². The average Bonchev–Trinajstić information content (AvgIpc) is 2.41.